The van der Waals surface area contributed by atoms with E-state index in [1.165, 1.54) is 44.9 Å². The Kier molecular flexibility index (Phi) is 6.02. The lowest BCUT2D eigenvalue weighted by molar-refractivity contribution is -0.202. The first kappa shape index (κ1) is 22.8. The lowest BCUT2D eigenvalue weighted by Crippen LogP contribution is -2.63. The third-order valence-electron chi connectivity index (χ3n) is 11.0. The van der Waals surface area contributed by atoms with Crippen LogP contribution in [0.2, 0.25) is 0 Å². The zero-order valence-electron chi connectivity index (χ0n) is 20.6. The Morgan fingerprint density at radius 3 is 2.43 bits per heavy atom. The van der Waals surface area contributed by atoms with Gasteiger partial charge in [-0.05, 0) is 80.0 Å². The van der Waals surface area contributed by atoms with E-state index >= 15 is 0 Å². The predicted octanol–water partition coefficient (Wildman–Crippen LogP) is 6.75. The molecule has 0 aromatic heterocycles. The van der Waals surface area contributed by atoms with Gasteiger partial charge in [-0.2, -0.15) is 0 Å². The third kappa shape index (κ3) is 3.26. The van der Waals surface area contributed by atoms with Crippen molar-refractivity contribution < 1.29 is 10.2 Å². The van der Waals surface area contributed by atoms with Crippen molar-refractivity contribution in [3.05, 3.63) is 11.6 Å². The van der Waals surface area contributed by atoms with Crippen LogP contribution >= 0.6 is 0 Å². The number of hydrogen-bond donors (Lipinski definition) is 2. The van der Waals surface area contributed by atoms with Crippen molar-refractivity contribution in [3.8, 4) is 0 Å². The van der Waals surface area contributed by atoms with Gasteiger partial charge in [-0.25, -0.2) is 0 Å². The monoisotopic (exact) mass is 416 g/mol. The lowest BCUT2D eigenvalue weighted by Gasteiger charge is -2.63. The van der Waals surface area contributed by atoms with E-state index in [1.54, 1.807) is 5.57 Å². The zero-order valence-corrected chi connectivity index (χ0v) is 20.6. The molecular formula is C28H48O2. The molecule has 9 unspecified atom stereocenters. The van der Waals surface area contributed by atoms with Crippen LogP contribution in [0.3, 0.4) is 0 Å². The molecule has 3 saturated carbocycles. The van der Waals surface area contributed by atoms with Gasteiger partial charge in [-0.15, -0.1) is 0 Å². The molecular weight excluding hydrogens is 368 g/mol. The zero-order chi connectivity index (χ0) is 21.9. The first-order chi connectivity index (χ1) is 14.0. The maximum absolute atomic E-state index is 11.8. The summed E-state index contributed by atoms with van der Waals surface area (Å²) in [6, 6.07) is 0. The Labute approximate surface area is 185 Å². The maximum atomic E-state index is 11.8. The van der Waals surface area contributed by atoms with Gasteiger partial charge in [0.15, 0.2) is 0 Å². The van der Waals surface area contributed by atoms with Gasteiger partial charge >= 0.3 is 0 Å². The van der Waals surface area contributed by atoms with Gasteiger partial charge in [0.05, 0.1) is 11.7 Å². The standard InChI is InChI=1S/C28H48O2/c1-18(2)8-7-9-19(3)22-10-11-23-21-12-17-28(30)20(4)25(29)14-16-27(28,6)24(21)13-15-26(22,23)5/h12,18-20,22-25,29-30H,7-11,13-17H2,1-6H3. The number of aliphatic hydroxyl groups is 2. The number of hydrogen-bond acceptors (Lipinski definition) is 2. The Bertz CT molecular complexity index is 668. The van der Waals surface area contributed by atoms with Crippen LogP contribution in [0.25, 0.3) is 0 Å². The second kappa shape index (κ2) is 7.91. The minimum atomic E-state index is -0.741. The molecule has 172 valence electrons. The molecule has 0 radical (unpaired) electrons. The average Bonchev–Trinajstić information content (AvgIpc) is 3.04. The van der Waals surface area contributed by atoms with Crippen LogP contribution in [-0.2, 0) is 0 Å². The molecule has 0 aromatic rings. The number of fused-ring (bicyclic) bond motifs is 5. The Balaban J connectivity index is 1.56. The Hall–Kier alpha value is -0.340. The molecule has 3 fully saturated rings. The number of rotatable bonds is 5. The fourth-order valence-corrected chi connectivity index (χ4v) is 8.91. The van der Waals surface area contributed by atoms with Crippen LogP contribution in [0, 0.1) is 46.3 Å². The van der Waals surface area contributed by atoms with E-state index in [0.717, 1.165) is 42.9 Å². The van der Waals surface area contributed by atoms with E-state index in [1.807, 2.05) is 0 Å². The Morgan fingerprint density at radius 2 is 1.73 bits per heavy atom. The van der Waals surface area contributed by atoms with Crippen LogP contribution in [0.5, 0.6) is 0 Å². The third-order valence-corrected chi connectivity index (χ3v) is 11.0. The predicted molar refractivity (Wildman–Crippen MR) is 125 cm³/mol. The molecule has 0 aliphatic heterocycles. The smallest absolute Gasteiger partial charge is 0.0791 e. The molecule has 0 bridgehead atoms. The van der Waals surface area contributed by atoms with Crippen molar-refractivity contribution in [2.75, 3.05) is 0 Å². The molecule has 4 aliphatic carbocycles. The molecule has 2 N–H and O–H groups in total. The maximum Gasteiger partial charge on any atom is 0.0791 e. The van der Waals surface area contributed by atoms with Gasteiger partial charge in [0.25, 0.3) is 0 Å². The normalized spacial score (nSPS) is 49.2. The quantitative estimate of drug-likeness (QED) is 0.487. The largest absolute Gasteiger partial charge is 0.393 e. The van der Waals surface area contributed by atoms with Gasteiger partial charge in [0.2, 0.25) is 0 Å². The summed E-state index contributed by atoms with van der Waals surface area (Å²) in [5.74, 6) is 3.72. The number of aliphatic hydroxyl groups excluding tert-OH is 1. The summed E-state index contributed by atoms with van der Waals surface area (Å²) in [6.45, 7) is 14.3. The van der Waals surface area contributed by atoms with Crippen molar-refractivity contribution in [1.29, 1.82) is 0 Å². The Morgan fingerprint density at radius 1 is 1.00 bits per heavy atom. The summed E-state index contributed by atoms with van der Waals surface area (Å²) in [7, 11) is 0. The molecule has 4 rings (SSSR count). The molecule has 2 heteroatoms. The molecule has 4 aliphatic rings. The first-order valence-corrected chi connectivity index (χ1v) is 13.1. The lowest BCUT2D eigenvalue weighted by atomic mass is 9.44. The summed E-state index contributed by atoms with van der Waals surface area (Å²) in [5.41, 5.74) is 1.34. The summed E-state index contributed by atoms with van der Waals surface area (Å²) in [5, 5.41) is 22.3. The summed E-state index contributed by atoms with van der Waals surface area (Å²) in [6.07, 6.45) is 14.1. The van der Waals surface area contributed by atoms with Crippen LogP contribution in [0.15, 0.2) is 11.6 Å². The minimum absolute atomic E-state index is 0.0281. The van der Waals surface area contributed by atoms with Crippen LogP contribution in [0.4, 0.5) is 0 Å². The SMILES string of the molecule is CC(C)CCCC(C)C1CCC2C3=CCC4(O)C(C)C(O)CCC4(C)C3CCC21C. The van der Waals surface area contributed by atoms with Gasteiger partial charge in [0, 0.05) is 11.3 Å². The van der Waals surface area contributed by atoms with Crippen molar-refractivity contribution in [2.45, 2.75) is 117 Å². The topological polar surface area (TPSA) is 40.5 Å². The van der Waals surface area contributed by atoms with Crippen LogP contribution in [-0.4, -0.2) is 21.9 Å². The van der Waals surface area contributed by atoms with E-state index in [0.29, 0.717) is 11.3 Å². The molecule has 0 spiro atoms. The van der Waals surface area contributed by atoms with Crippen LogP contribution in [0.1, 0.15) is 106 Å². The first-order valence-electron chi connectivity index (χ1n) is 13.1. The molecule has 9 atom stereocenters. The average molecular weight is 417 g/mol. The van der Waals surface area contributed by atoms with E-state index in [2.05, 4.69) is 47.6 Å². The van der Waals surface area contributed by atoms with E-state index in [-0.39, 0.29) is 17.4 Å². The molecule has 0 heterocycles. The van der Waals surface area contributed by atoms with Crippen molar-refractivity contribution in [3.63, 3.8) is 0 Å². The van der Waals surface area contributed by atoms with Gasteiger partial charge < -0.3 is 10.2 Å². The minimum Gasteiger partial charge on any atom is -0.393 e. The highest BCUT2D eigenvalue weighted by atomic mass is 16.3. The van der Waals surface area contributed by atoms with E-state index in [9.17, 15) is 10.2 Å². The van der Waals surface area contributed by atoms with Gasteiger partial charge in [0.1, 0.15) is 0 Å². The second-order valence-corrected chi connectivity index (χ2v) is 12.8. The highest BCUT2D eigenvalue weighted by molar-refractivity contribution is 5.31. The molecule has 2 nitrogen and oxygen atoms in total. The molecule has 0 amide bonds. The van der Waals surface area contributed by atoms with E-state index in [4.69, 9.17) is 0 Å². The second-order valence-electron chi connectivity index (χ2n) is 12.8. The molecule has 30 heavy (non-hydrogen) atoms. The summed E-state index contributed by atoms with van der Waals surface area (Å²) < 4.78 is 0. The van der Waals surface area contributed by atoms with Crippen molar-refractivity contribution in [2.24, 2.45) is 46.3 Å². The highest BCUT2D eigenvalue weighted by Crippen LogP contribution is 2.68. The molecule has 0 saturated heterocycles. The van der Waals surface area contributed by atoms with Crippen LogP contribution < -0.4 is 0 Å². The van der Waals surface area contributed by atoms with Crippen molar-refractivity contribution >= 4 is 0 Å². The van der Waals surface area contributed by atoms with Crippen molar-refractivity contribution in [1.82, 2.24) is 0 Å². The van der Waals surface area contributed by atoms with Gasteiger partial charge in [-0.1, -0.05) is 72.5 Å². The highest BCUT2D eigenvalue weighted by Gasteiger charge is 2.64. The molecule has 0 aromatic carbocycles. The summed E-state index contributed by atoms with van der Waals surface area (Å²) in [4.78, 5) is 0. The fraction of sp³-hybridized carbons (Fsp3) is 0.929. The fourth-order valence-electron chi connectivity index (χ4n) is 8.91. The number of allylic oxidation sites excluding steroid dienone is 1. The summed E-state index contributed by atoms with van der Waals surface area (Å²) >= 11 is 0. The van der Waals surface area contributed by atoms with Gasteiger partial charge in [-0.3, -0.25) is 0 Å². The van der Waals surface area contributed by atoms with E-state index < -0.39 is 5.60 Å².